The van der Waals surface area contributed by atoms with Crippen molar-refractivity contribution in [3.63, 3.8) is 0 Å². The largest absolute Gasteiger partial charge is 0.223 e. The van der Waals surface area contributed by atoms with E-state index in [9.17, 15) is 8.42 Å². The van der Waals surface area contributed by atoms with Gasteiger partial charge in [0.2, 0.25) is 0 Å². The van der Waals surface area contributed by atoms with Gasteiger partial charge in [-0.1, -0.05) is 0 Å². The van der Waals surface area contributed by atoms with E-state index in [0.29, 0.717) is 8.68 Å². The lowest BCUT2D eigenvalue weighted by molar-refractivity contribution is 0.603. The van der Waals surface area contributed by atoms with Crippen molar-refractivity contribution in [1.82, 2.24) is 0 Å². The summed E-state index contributed by atoms with van der Waals surface area (Å²) in [6, 6.07) is 1.72. The van der Waals surface area contributed by atoms with Crippen LogP contribution >= 0.6 is 27.3 Å². The van der Waals surface area contributed by atoms with Gasteiger partial charge >= 0.3 is 0 Å². The molecule has 0 bridgehead atoms. The van der Waals surface area contributed by atoms with Gasteiger partial charge in [0.25, 0.3) is 0 Å². The van der Waals surface area contributed by atoms with Crippen LogP contribution in [0, 0.1) is 0 Å². The highest BCUT2D eigenvalue weighted by molar-refractivity contribution is 9.10. The van der Waals surface area contributed by atoms with Gasteiger partial charge < -0.3 is 0 Å². The third-order valence-electron chi connectivity index (χ3n) is 0.921. The van der Waals surface area contributed by atoms with Crippen LogP contribution in [0.5, 0.6) is 0 Å². The number of thiophene rings is 1. The van der Waals surface area contributed by atoms with Crippen molar-refractivity contribution in [2.45, 2.75) is 4.21 Å². The Kier molecular flexibility index (Phi) is 2.17. The lowest BCUT2D eigenvalue weighted by Crippen LogP contribution is -1.93. The maximum absolute atomic E-state index is 10.9. The van der Waals surface area contributed by atoms with Gasteiger partial charge in [0.15, 0.2) is 9.84 Å². The van der Waals surface area contributed by atoms with Gasteiger partial charge in [-0.3, -0.25) is 0 Å². The van der Waals surface area contributed by atoms with Gasteiger partial charge in [-0.15, -0.1) is 11.3 Å². The molecular formula is C5H5BrO2S2. The Morgan fingerprint density at radius 2 is 2.20 bits per heavy atom. The molecule has 0 spiro atoms. The van der Waals surface area contributed by atoms with Crippen LogP contribution in [0.2, 0.25) is 0 Å². The standard InChI is InChI=1S/C5H5BrO2S2/c1-10(7,8)5-4(6)2-3-9-5/h2-3H,1H3. The van der Waals surface area contributed by atoms with Crippen molar-refractivity contribution < 1.29 is 8.42 Å². The summed E-state index contributed by atoms with van der Waals surface area (Å²) in [6.07, 6.45) is 1.20. The van der Waals surface area contributed by atoms with E-state index in [1.165, 1.54) is 17.6 Å². The fourth-order valence-corrected chi connectivity index (χ4v) is 3.81. The molecule has 1 aromatic heterocycles. The zero-order valence-corrected chi connectivity index (χ0v) is 8.38. The molecule has 0 saturated heterocycles. The maximum Gasteiger partial charge on any atom is 0.186 e. The average Bonchev–Trinajstić information content (AvgIpc) is 2.11. The molecule has 1 rings (SSSR count). The molecule has 0 radical (unpaired) electrons. The molecule has 10 heavy (non-hydrogen) atoms. The summed E-state index contributed by atoms with van der Waals surface area (Å²) in [5, 5.41) is 1.74. The quantitative estimate of drug-likeness (QED) is 0.752. The fourth-order valence-electron chi connectivity index (χ4n) is 0.544. The molecule has 0 aliphatic rings. The van der Waals surface area contributed by atoms with Crippen molar-refractivity contribution in [1.29, 1.82) is 0 Å². The second-order valence-corrected chi connectivity index (χ2v) is 5.81. The van der Waals surface area contributed by atoms with Gasteiger partial charge in [0, 0.05) is 10.7 Å². The third-order valence-corrected chi connectivity index (χ3v) is 4.90. The second kappa shape index (κ2) is 2.64. The predicted octanol–water partition coefficient (Wildman–Crippen LogP) is 1.91. The van der Waals surface area contributed by atoms with E-state index in [1.54, 1.807) is 11.4 Å². The molecule has 0 atom stereocenters. The minimum Gasteiger partial charge on any atom is -0.223 e. The molecule has 56 valence electrons. The van der Waals surface area contributed by atoms with Gasteiger partial charge in [-0.25, -0.2) is 8.42 Å². The molecule has 1 heterocycles. The van der Waals surface area contributed by atoms with Crippen LogP contribution in [0.1, 0.15) is 0 Å². The maximum atomic E-state index is 10.9. The van der Waals surface area contributed by atoms with Crippen LogP contribution in [0.4, 0.5) is 0 Å². The van der Waals surface area contributed by atoms with Gasteiger partial charge in [-0.05, 0) is 27.4 Å². The first-order chi connectivity index (χ1) is 4.52. The second-order valence-electron chi connectivity index (χ2n) is 1.83. The number of hydrogen-bond donors (Lipinski definition) is 0. The normalized spacial score (nSPS) is 11.8. The highest BCUT2D eigenvalue weighted by Gasteiger charge is 2.11. The minimum absolute atomic E-state index is 0.396. The van der Waals surface area contributed by atoms with E-state index in [0.717, 1.165) is 0 Å². The fraction of sp³-hybridized carbons (Fsp3) is 0.200. The Morgan fingerprint density at radius 3 is 2.40 bits per heavy atom. The molecule has 1 aromatic rings. The summed E-state index contributed by atoms with van der Waals surface area (Å²) < 4.78 is 22.8. The van der Waals surface area contributed by atoms with Crippen LogP contribution in [0.3, 0.4) is 0 Å². The van der Waals surface area contributed by atoms with Crippen molar-refractivity contribution >= 4 is 37.1 Å². The molecule has 0 N–H and O–H groups in total. The summed E-state index contributed by atoms with van der Waals surface area (Å²) >= 11 is 4.35. The molecule has 0 fully saturated rings. The van der Waals surface area contributed by atoms with Crippen molar-refractivity contribution in [3.05, 3.63) is 15.9 Å². The van der Waals surface area contributed by atoms with E-state index in [1.807, 2.05) is 0 Å². The predicted molar refractivity (Wildman–Crippen MR) is 45.1 cm³/mol. The Bertz CT molecular complexity index is 325. The molecule has 2 nitrogen and oxygen atoms in total. The number of hydrogen-bond acceptors (Lipinski definition) is 3. The van der Waals surface area contributed by atoms with E-state index < -0.39 is 9.84 Å². The molecule has 0 aromatic carbocycles. The monoisotopic (exact) mass is 240 g/mol. The first kappa shape index (κ1) is 8.23. The first-order valence-corrected chi connectivity index (χ1v) is 6.01. The Balaban J connectivity index is 3.32. The van der Waals surface area contributed by atoms with Crippen molar-refractivity contribution in [3.8, 4) is 0 Å². The highest BCUT2D eigenvalue weighted by atomic mass is 79.9. The molecule has 0 aliphatic carbocycles. The topological polar surface area (TPSA) is 34.1 Å². The van der Waals surface area contributed by atoms with Crippen LogP contribution in [0.15, 0.2) is 20.1 Å². The van der Waals surface area contributed by atoms with Crippen molar-refractivity contribution in [2.75, 3.05) is 6.26 Å². The number of rotatable bonds is 1. The van der Waals surface area contributed by atoms with Gasteiger partial charge in [0.05, 0.1) is 0 Å². The molecular weight excluding hydrogens is 236 g/mol. The highest BCUT2D eigenvalue weighted by Crippen LogP contribution is 2.26. The third kappa shape index (κ3) is 1.59. The molecule has 0 saturated carbocycles. The summed E-state index contributed by atoms with van der Waals surface area (Å²) in [5.41, 5.74) is 0. The van der Waals surface area contributed by atoms with Crippen LogP contribution < -0.4 is 0 Å². The van der Waals surface area contributed by atoms with Gasteiger partial charge in [0.1, 0.15) is 4.21 Å². The average molecular weight is 241 g/mol. The number of sulfone groups is 1. The van der Waals surface area contributed by atoms with Crippen LogP contribution in [-0.2, 0) is 9.84 Å². The zero-order chi connectivity index (χ0) is 7.78. The van der Waals surface area contributed by atoms with E-state index in [-0.39, 0.29) is 0 Å². The van der Waals surface area contributed by atoms with E-state index in [4.69, 9.17) is 0 Å². The summed E-state index contributed by atoms with van der Waals surface area (Å²) in [7, 11) is -3.02. The molecule has 5 heteroatoms. The van der Waals surface area contributed by atoms with Crippen LogP contribution in [-0.4, -0.2) is 14.7 Å². The molecule has 0 unspecified atom stereocenters. The van der Waals surface area contributed by atoms with Crippen LogP contribution in [0.25, 0.3) is 0 Å². The number of halogens is 1. The summed E-state index contributed by atoms with van der Waals surface area (Å²) in [5.74, 6) is 0. The van der Waals surface area contributed by atoms with E-state index >= 15 is 0 Å². The lowest BCUT2D eigenvalue weighted by Gasteiger charge is -1.90. The van der Waals surface area contributed by atoms with Crippen molar-refractivity contribution in [2.24, 2.45) is 0 Å². The Morgan fingerprint density at radius 1 is 1.60 bits per heavy atom. The van der Waals surface area contributed by atoms with Gasteiger partial charge in [-0.2, -0.15) is 0 Å². The minimum atomic E-state index is -3.02. The Hall–Kier alpha value is 0.130. The molecule has 0 aliphatic heterocycles. The summed E-state index contributed by atoms with van der Waals surface area (Å²) in [6.45, 7) is 0. The smallest absolute Gasteiger partial charge is 0.186 e. The first-order valence-electron chi connectivity index (χ1n) is 2.45. The Labute approximate surface area is 71.9 Å². The zero-order valence-electron chi connectivity index (χ0n) is 5.17. The molecule has 0 amide bonds. The SMILES string of the molecule is CS(=O)(=O)c1sccc1Br. The summed E-state index contributed by atoms with van der Waals surface area (Å²) in [4.78, 5) is 0. The lowest BCUT2D eigenvalue weighted by atomic mass is 10.7. The van der Waals surface area contributed by atoms with E-state index in [2.05, 4.69) is 15.9 Å².